The lowest BCUT2D eigenvalue weighted by Crippen LogP contribution is -2.46. The molecule has 1 aliphatic heterocycles. The van der Waals surface area contributed by atoms with Gasteiger partial charge in [0.1, 0.15) is 0 Å². The van der Waals surface area contributed by atoms with E-state index in [0.717, 1.165) is 11.8 Å². The summed E-state index contributed by atoms with van der Waals surface area (Å²) in [6.07, 6.45) is 2.80. The Morgan fingerprint density at radius 1 is 1.07 bits per heavy atom. The zero-order valence-electron chi connectivity index (χ0n) is 9.93. The van der Waals surface area contributed by atoms with E-state index in [1.807, 2.05) is 0 Å². The first-order valence-electron chi connectivity index (χ1n) is 5.66. The highest BCUT2D eigenvalue weighted by molar-refractivity contribution is 4.82. The topological polar surface area (TPSA) is 3.24 Å². The average Bonchev–Trinajstić information content (AvgIpc) is 2.03. The van der Waals surface area contributed by atoms with E-state index in [0.29, 0.717) is 5.54 Å². The lowest BCUT2D eigenvalue weighted by molar-refractivity contribution is 0.0754. The Hall–Kier alpha value is -0.0400. The lowest BCUT2D eigenvalue weighted by atomic mass is 9.85. The van der Waals surface area contributed by atoms with Crippen LogP contribution in [-0.2, 0) is 0 Å². The van der Waals surface area contributed by atoms with E-state index in [4.69, 9.17) is 0 Å². The van der Waals surface area contributed by atoms with Gasteiger partial charge < -0.3 is 0 Å². The molecule has 86 valence electrons. The Morgan fingerprint density at radius 2 is 1.50 bits per heavy atom. The molecule has 0 radical (unpaired) electrons. The monoisotopic (exact) mass is 199 g/mol. The highest BCUT2D eigenvalue weighted by Gasteiger charge is 2.27. The number of likely N-dealkylation sites (tertiary alicyclic amines) is 1. The highest BCUT2D eigenvalue weighted by atomic mass is 15.2. The van der Waals surface area contributed by atoms with Gasteiger partial charge in [0.25, 0.3) is 0 Å². The van der Waals surface area contributed by atoms with Crippen LogP contribution < -0.4 is 0 Å². The van der Waals surface area contributed by atoms with E-state index >= 15 is 0 Å². The molecule has 1 fully saturated rings. The third kappa shape index (κ3) is 3.61. The van der Waals surface area contributed by atoms with Gasteiger partial charge in [-0.2, -0.15) is 0 Å². The molecule has 1 aliphatic rings. The molecule has 14 heavy (non-hydrogen) atoms. The van der Waals surface area contributed by atoms with E-state index < -0.39 is 0 Å². The summed E-state index contributed by atoms with van der Waals surface area (Å²) in [5.74, 6) is 1.85. The summed E-state index contributed by atoms with van der Waals surface area (Å²) in [5.41, 5.74) is 0.377. The lowest BCUT2D eigenvalue weighted by Gasteiger charge is -2.41. The van der Waals surface area contributed by atoms with Gasteiger partial charge in [-0.1, -0.05) is 21.3 Å². The van der Waals surface area contributed by atoms with Crippen LogP contribution in [-0.4, -0.2) is 23.5 Å². The fourth-order valence-electron chi connectivity index (χ4n) is 2.24. The summed E-state index contributed by atoms with van der Waals surface area (Å²) in [6, 6.07) is 0. The van der Waals surface area contributed by atoms with E-state index in [1.165, 1.54) is 25.9 Å². The molecule has 1 rings (SSSR count). The Labute approximate surface area is 90.9 Å². The number of hydrogen-bond acceptors (Lipinski definition) is 1. The molecule has 0 N–H and O–H groups in total. The average molecular weight is 199 g/mol. The smallest absolute Gasteiger partial charge is 0.0125 e. The summed E-state index contributed by atoms with van der Waals surface area (Å²) in [4.78, 5) is 2.62. The normalized spacial score (nSPS) is 21.0. The fourth-order valence-corrected chi connectivity index (χ4v) is 2.24. The van der Waals surface area contributed by atoms with Crippen molar-refractivity contribution in [3.63, 3.8) is 0 Å². The Morgan fingerprint density at radius 3 is 1.79 bits per heavy atom. The summed E-state index contributed by atoms with van der Waals surface area (Å²) in [7, 11) is 0. The summed E-state index contributed by atoms with van der Waals surface area (Å²) in [6.45, 7) is 14.3. The van der Waals surface area contributed by atoms with Gasteiger partial charge in [0.05, 0.1) is 0 Å². The zero-order chi connectivity index (χ0) is 10.1. The maximum absolute atomic E-state index is 2.62. The van der Waals surface area contributed by atoms with Crippen LogP contribution in [0.25, 0.3) is 0 Å². The third-order valence-electron chi connectivity index (χ3n) is 3.43. The minimum atomic E-state index is 0. The molecule has 0 saturated carbocycles. The van der Waals surface area contributed by atoms with Crippen molar-refractivity contribution >= 4 is 0 Å². The molecule has 1 heteroatoms. The van der Waals surface area contributed by atoms with Gasteiger partial charge in [-0.25, -0.2) is 0 Å². The largest absolute Gasteiger partial charge is 0.298 e. The highest BCUT2D eigenvalue weighted by Crippen LogP contribution is 2.27. The summed E-state index contributed by atoms with van der Waals surface area (Å²) in [5, 5.41) is 0. The van der Waals surface area contributed by atoms with Crippen molar-refractivity contribution < 1.29 is 0 Å². The van der Waals surface area contributed by atoms with Crippen molar-refractivity contribution in [2.45, 2.75) is 60.4 Å². The molecule has 0 atom stereocenters. The first kappa shape index (κ1) is 14.0. The van der Waals surface area contributed by atoms with E-state index in [2.05, 4.69) is 39.5 Å². The van der Waals surface area contributed by atoms with Gasteiger partial charge in [0, 0.05) is 5.54 Å². The van der Waals surface area contributed by atoms with Gasteiger partial charge in [0.15, 0.2) is 0 Å². The van der Waals surface area contributed by atoms with Crippen LogP contribution in [0.3, 0.4) is 0 Å². The van der Waals surface area contributed by atoms with Crippen molar-refractivity contribution in [2.75, 3.05) is 13.1 Å². The molecule has 0 bridgehead atoms. The summed E-state index contributed by atoms with van der Waals surface area (Å²) < 4.78 is 0. The SMILES string of the molecule is C.CC(C)C1CCN(C(C)(C)C)CC1. The van der Waals surface area contributed by atoms with Crippen LogP contribution in [0.2, 0.25) is 0 Å². The van der Waals surface area contributed by atoms with Crippen molar-refractivity contribution in [3.05, 3.63) is 0 Å². The van der Waals surface area contributed by atoms with E-state index in [9.17, 15) is 0 Å². The standard InChI is InChI=1S/C12H25N.CH4/c1-10(2)11-6-8-13(9-7-11)12(3,4)5;/h10-11H,6-9H2,1-5H3;1H4. The van der Waals surface area contributed by atoms with Crippen molar-refractivity contribution in [1.29, 1.82) is 0 Å². The molecule has 0 aromatic rings. The second-order valence-corrected chi connectivity index (χ2v) is 5.74. The summed E-state index contributed by atoms with van der Waals surface area (Å²) >= 11 is 0. The molecule has 0 amide bonds. The molecular weight excluding hydrogens is 170 g/mol. The molecule has 0 aromatic carbocycles. The molecule has 0 spiro atoms. The number of nitrogens with zero attached hydrogens (tertiary/aromatic N) is 1. The van der Waals surface area contributed by atoms with Crippen LogP contribution in [0.5, 0.6) is 0 Å². The number of hydrogen-bond donors (Lipinski definition) is 0. The molecule has 1 heterocycles. The third-order valence-corrected chi connectivity index (χ3v) is 3.43. The predicted molar refractivity (Wildman–Crippen MR) is 65.6 cm³/mol. The number of piperidine rings is 1. The first-order valence-corrected chi connectivity index (χ1v) is 5.66. The van der Waals surface area contributed by atoms with Crippen molar-refractivity contribution in [3.8, 4) is 0 Å². The maximum atomic E-state index is 2.62. The van der Waals surface area contributed by atoms with Gasteiger partial charge in [0.2, 0.25) is 0 Å². The Balaban J connectivity index is 0.00000169. The van der Waals surface area contributed by atoms with E-state index in [-0.39, 0.29) is 7.43 Å². The van der Waals surface area contributed by atoms with Crippen molar-refractivity contribution in [2.24, 2.45) is 11.8 Å². The molecule has 1 saturated heterocycles. The minimum absolute atomic E-state index is 0. The van der Waals surface area contributed by atoms with Crippen LogP contribution >= 0.6 is 0 Å². The molecule has 1 nitrogen and oxygen atoms in total. The van der Waals surface area contributed by atoms with Gasteiger partial charge in [-0.05, 0) is 58.5 Å². The van der Waals surface area contributed by atoms with Gasteiger partial charge >= 0.3 is 0 Å². The van der Waals surface area contributed by atoms with Crippen LogP contribution in [0.4, 0.5) is 0 Å². The second kappa shape index (κ2) is 5.16. The first-order chi connectivity index (χ1) is 5.91. The van der Waals surface area contributed by atoms with Gasteiger partial charge in [-0.15, -0.1) is 0 Å². The molecular formula is C13H29N. The minimum Gasteiger partial charge on any atom is -0.298 e. The Kier molecular flexibility index (Phi) is 5.14. The van der Waals surface area contributed by atoms with Crippen LogP contribution in [0.15, 0.2) is 0 Å². The fraction of sp³-hybridized carbons (Fsp3) is 1.00. The predicted octanol–water partition coefficient (Wildman–Crippen LogP) is 3.79. The molecule has 0 unspecified atom stereocenters. The molecule has 0 aromatic heterocycles. The maximum Gasteiger partial charge on any atom is 0.0125 e. The Bertz CT molecular complexity index is 147. The van der Waals surface area contributed by atoms with Gasteiger partial charge in [-0.3, -0.25) is 4.90 Å². The quantitative estimate of drug-likeness (QED) is 0.621. The zero-order valence-corrected chi connectivity index (χ0v) is 9.93. The van der Waals surface area contributed by atoms with Crippen molar-refractivity contribution in [1.82, 2.24) is 4.90 Å². The molecule has 0 aliphatic carbocycles. The number of rotatable bonds is 1. The second-order valence-electron chi connectivity index (χ2n) is 5.74. The van der Waals surface area contributed by atoms with Crippen LogP contribution in [0, 0.1) is 11.8 Å². The van der Waals surface area contributed by atoms with Crippen LogP contribution in [0.1, 0.15) is 54.9 Å². The van der Waals surface area contributed by atoms with E-state index in [1.54, 1.807) is 0 Å².